The molecule has 0 aliphatic rings. The van der Waals surface area contributed by atoms with Crippen molar-refractivity contribution in [1.82, 2.24) is 20.8 Å². The van der Waals surface area contributed by atoms with Crippen molar-refractivity contribution in [2.24, 2.45) is 10.9 Å². The predicted octanol–water partition coefficient (Wildman–Crippen LogP) is 3.53. The van der Waals surface area contributed by atoms with E-state index in [1.807, 2.05) is 24.3 Å². The van der Waals surface area contributed by atoms with E-state index in [1.54, 1.807) is 7.05 Å². The van der Waals surface area contributed by atoms with Crippen LogP contribution < -0.4 is 10.6 Å². The number of aromatic nitrogens is 2. The van der Waals surface area contributed by atoms with Crippen molar-refractivity contribution in [1.29, 1.82) is 0 Å². The lowest BCUT2D eigenvalue weighted by Gasteiger charge is -2.16. The number of aliphatic imine (C=N–C) groups is 1. The lowest BCUT2D eigenvalue weighted by Crippen LogP contribution is -2.40. The van der Waals surface area contributed by atoms with Crippen molar-refractivity contribution in [3.8, 4) is 11.4 Å². The highest BCUT2D eigenvalue weighted by Crippen LogP contribution is 2.19. The van der Waals surface area contributed by atoms with Crippen LogP contribution >= 0.6 is 11.6 Å². The minimum absolute atomic E-state index is 0.550. The van der Waals surface area contributed by atoms with E-state index in [0.29, 0.717) is 35.6 Å². The Hall–Kier alpha value is -2.08. The average Bonchev–Trinajstić information content (AvgIpc) is 3.10. The van der Waals surface area contributed by atoms with Crippen LogP contribution in [0.3, 0.4) is 0 Å². The summed E-state index contributed by atoms with van der Waals surface area (Å²) in [5, 5.41) is 11.3. The highest BCUT2D eigenvalue weighted by atomic mass is 35.5. The number of nitrogens with one attached hydrogen (secondary N) is 2. The maximum absolute atomic E-state index is 5.99. The third-order valence-corrected chi connectivity index (χ3v) is 4.35. The van der Waals surface area contributed by atoms with E-state index in [2.05, 4.69) is 39.6 Å². The van der Waals surface area contributed by atoms with Gasteiger partial charge in [-0.1, -0.05) is 55.6 Å². The Labute approximate surface area is 154 Å². The van der Waals surface area contributed by atoms with E-state index in [-0.39, 0.29) is 0 Å². The number of nitrogens with zero attached hydrogens (tertiary/aromatic N) is 3. The second kappa shape index (κ2) is 10.0. The number of rotatable bonds is 8. The van der Waals surface area contributed by atoms with Gasteiger partial charge >= 0.3 is 0 Å². The fourth-order valence-corrected chi connectivity index (χ4v) is 2.62. The van der Waals surface area contributed by atoms with Gasteiger partial charge in [0.15, 0.2) is 5.96 Å². The zero-order valence-corrected chi connectivity index (χ0v) is 15.8. The zero-order chi connectivity index (χ0) is 18.1. The standard InChI is InChI=1S/C18H26ClN5O/c1-4-13(5-2)12-22-18(20-3)21-10-9-16-23-17(24-25-16)14-7-6-8-15(19)11-14/h6-8,11,13H,4-5,9-10,12H2,1-3H3,(H2,20,21,22). The lowest BCUT2D eigenvalue weighted by molar-refractivity contribution is 0.378. The molecule has 1 aromatic carbocycles. The highest BCUT2D eigenvalue weighted by Gasteiger charge is 2.09. The fourth-order valence-electron chi connectivity index (χ4n) is 2.43. The first-order chi connectivity index (χ1) is 12.2. The minimum Gasteiger partial charge on any atom is -0.356 e. The normalized spacial score (nSPS) is 11.8. The topological polar surface area (TPSA) is 75.3 Å². The molecule has 0 saturated carbocycles. The van der Waals surface area contributed by atoms with Gasteiger partial charge in [-0.15, -0.1) is 0 Å². The molecule has 25 heavy (non-hydrogen) atoms. The molecule has 0 bridgehead atoms. The third kappa shape index (κ3) is 6.05. The lowest BCUT2D eigenvalue weighted by atomic mass is 10.0. The molecule has 136 valence electrons. The van der Waals surface area contributed by atoms with Crippen LogP contribution in [-0.4, -0.2) is 36.2 Å². The first-order valence-electron chi connectivity index (χ1n) is 8.69. The molecule has 7 heteroatoms. The molecule has 0 atom stereocenters. The zero-order valence-electron chi connectivity index (χ0n) is 15.1. The predicted molar refractivity (Wildman–Crippen MR) is 102 cm³/mol. The molecular weight excluding hydrogens is 338 g/mol. The van der Waals surface area contributed by atoms with Crippen molar-refractivity contribution in [2.45, 2.75) is 33.1 Å². The van der Waals surface area contributed by atoms with Crippen molar-refractivity contribution in [3.63, 3.8) is 0 Å². The van der Waals surface area contributed by atoms with Gasteiger partial charge in [0.1, 0.15) is 0 Å². The summed E-state index contributed by atoms with van der Waals surface area (Å²) in [4.78, 5) is 8.64. The number of benzene rings is 1. The van der Waals surface area contributed by atoms with Crippen LogP contribution in [0, 0.1) is 5.92 Å². The van der Waals surface area contributed by atoms with Gasteiger partial charge in [0.2, 0.25) is 11.7 Å². The molecule has 2 N–H and O–H groups in total. The van der Waals surface area contributed by atoms with E-state index in [9.17, 15) is 0 Å². The maximum Gasteiger partial charge on any atom is 0.228 e. The van der Waals surface area contributed by atoms with E-state index in [4.69, 9.17) is 16.1 Å². The Balaban J connectivity index is 1.81. The molecule has 0 amide bonds. The fraction of sp³-hybridized carbons (Fsp3) is 0.500. The number of hydrogen-bond donors (Lipinski definition) is 2. The summed E-state index contributed by atoms with van der Waals surface area (Å²) in [7, 11) is 1.77. The number of guanidine groups is 1. The average molecular weight is 364 g/mol. The highest BCUT2D eigenvalue weighted by molar-refractivity contribution is 6.30. The maximum atomic E-state index is 5.99. The van der Waals surface area contributed by atoms with Gasteiger partial charge in [-0.3, -0.25) is 4.99 Å². The summed E-state index contributed by atoms with van der Waals surface area (Å²) >= 11 is 5.99. The van der Waals surface area contributed by atoms with Crippen LogP contribution in [0.5, 0.6) is 0 Å². The van der Waals surface area contributed by atoms with Crippen LogP contribution in [0.25, 0.3) is 11.4 Å². The van der Waals surface area contributed by atoms with Gasteiger partial charge in [-0.25, -0.2) is 0 Å². The second-order valence-corrected chi connectivity index (χ2v) is 6.27. The summed E-state index contributed by atoms with van der Waals surface area (Å²) in [5.41, 5.74) is 0.845. The molecule has 2 aromatic rings. The Kier molecular flexibility index (Phi) is 7.73. The van der Waals surface area contributed by atoms with Crippen molar-refractivity contribution < 1.29 is 4.52 Å². The van der Waals surface area contributed by atoms with Crippen LogP contribution in [0.4, 0.5) is 0 Å². The van der Waals surface area contributed by atoms with E-state index in [1.165, 1.54) is 0 Å². The van der Waals surface area contributed by atoms with Crippen molar-refractivity contribution >= 4 is 17.6 Å². The number of halogens is 1. The van der Waals surface area contributed by atoms with Crippen LogP contribution in [-0.2, 0) is 6.42 Å². The summed E-state index contributed by atoms with van der Waals surface area (Å²) in [6, 6.07) is 7.40. The van der Waals surface area contributed by atoms with Crippen molar-refractivity contribution in [2.75, 3.05) is 20.1 Å². The molecule has 1 aromatic heterocycles. The summed E-state index contributed by atoms with van der Waals surface area (Å²) < 4.78 is 5.30. The Morgan fingerprint density at radius 1 is 1.28 bits per heavy atom. The largest absolute Gasteiger partial charge is 0.356 e. The van der Waals surface area contributed by atoms with Gasteiger partial charge in [-0.2, -0.15) is 4.98 Å². The van der Waals surface area contributed by atoms with Gasteiger partial charge in [0.25, 0.3) is 0 Å². The van der Waals surface area contributed by atoms with Gasteiger partial charge < -0.3 is 15.2 Å². The molecular formula is C18H26ClN5O. The molecule has 0 spiro atoms. The molecule has 0 aliphatic heterocycles. The van der Waals surface area contributed by atoms with Crippen LogP contribution in [0.2, 0.25) is 5.02 Å². The van der Waals surface area contributed by atoms with E-state index < -0.39 is 0 Å². The third-order valence-electron chi connectivity index (χ3n) is 4.12. The van der Waals surface area contributed by atoms with E-state index >= 15 is 0 Å². The smallest absolute Gasteiger partial charge is 0.228 e. The SMILES string of the molecule is CCC(CC)CNC(=NC)NCCc1nc(-c2cccc(Cl)c2)no1. The summed E-state index contributed by atoms with van der Waals surface area (Å²) in [6.45, 7) is 6.00. The monoisotopic (exact) mass is 363 g/mol. The minimum atomic E-state index is 0.550. The molecule has 6 nitrogen and oxygen atoms in total. The second-order valence-electron chi connectivity index (χ2n) is 5.83. The Bertz CT molecular complexity index is 682. The van der Waals surface area contributed by atoms with Crippen molar-refractivity contribution in [3.05, 3.63) is 35.2 Å². The summed E-state index contributed by atoms with van der Waals surface area (Å²) in [6.07, 6.45) is 2.95. The molecule has 0 saturated heterocycles. The first kappa shape index (κ1) is 19.2. The Morgan fingerprint density at radius 2 is 2.08 bits per heavy atom. The number of hydrogen-bond acceptors (Lipinski definition) is 4. The van der Waals surface area contributed by atoms with Crippen LogP contribution in [0.15, 0.2) is 33.8 Å². The van der Waals surface area contributed by atoms with Crippen LogP contribution in [0.1, 0.15) is 32.6 Å². The molecule has 0 aliphatic carbocycles. The molecule has 0 fully saturated rings. The quantitative estimate of drug-likeness (QED) is 0.554. The van der Waals surface area contributed by atoms with Gasteiger partial charge in [0.05, 0.1) is 0 Å². The molecule has 1 heterocycles. The Morgan fingerprint density at radius 3 is 2.76 bits per heavy atom. The van der Waals surface area contributed by atoms with Gasteiger partial charge in [0, 0.05) is 37.1 Å². The summed E-state index contributed by atoms with van der Waals surface area (Å²) in [5.74, 6) is 2.59. The molecule has 0 radical (unpaired) electrons. The van der Waals surface area contributed by atoms with Gasteiger partial charge in [-0.05, 0) is 18.1 Å². The molecule has 2 rings (SSSR count). The first-order valence-corrected chi connectivity index (χ1v) is 9.07. The molecule has 0 unspecified atom stereocenters. The van der Waals surface area contributed by atoms with E-state index in [0.717, 1.165) is 30.9 Å².